The molecule has 0 amide bonds. The first kappa shape index (κ1) is 14.5. The minimum absolute atomic E-state index is 0.0874. The maximum Gasteiger partial charge on any atom is 0.327 e. The molecule has 0 bridgehead atoms. The van der Waals surface area contributed by atoms with Gasteiger partial charge in [-0.25, -0.2) is 0 Å². The molecule has 1 rings (SSSR count). The average molecular weight is 261 g/mol. The molecule has 1 aliphatic heterocycles. The summed E-state index contributed by atoms with van der Waals surface area (Å²) in [5.41, 5.74) is -0.426. The predicted octanol–water partition coefficient (Wildman–Crippen LogP) is 0.178. The summed E-state index contributed by atoms with van der Waals surface area (Å²) in [4.78, 5) is 15.4. The van der Waals surface area contributed by atoms with Crippen molar-refractivity contribution >= 4 is 11.8 Å². The first-order valence-electron chi connectivity index (χ1n) is 5.74. The van der Waals surface area contributed by atoms with Crippen molar-refractivity contribution in [3.05, 3.63) is 11.4 Å². The Balaban J connectivity index is 2.95. The molecule has 1 aliphatic rings. The van der Waals surface area contributed by atoms with Crippen LogP contribution in [0.1, 0.15) is 20.8 Å². The van der Waals surface area contributed by atoms with Gasteiger partial charge >= 0.3 is 5.97 Å². The van der Waals surface area contributed by atoms with Crippen LogP contribution in [0.5, 0.6) is 0 Å². The van der Waals surface area contributed by atoms with E-state index >= 15 is 0 Å². The second kappa shape index (κ2) is 5.87. The van der Waals surface area contributed by atoms with Gasteiger partial charge in [0, 0.05) is 0 Å². The zero-order valence-corrected chi connectivity index (χ0v) is 11.1. The SMILES string of the molecule is CCOC(=O)CN=C1NC(C#N)=C(C#N)NC1(C)C. The lowest BCUT2D eigenvalue weighted by Crippen LogP contribution is -2.56. The molecular formula is C12H15N5O2. The number of allylic oxidation sites excluding steroid dienone is 2. The largest absolute Gasteiger partial charge is 0.465 e. The van der Waals surface area contributed by atoms with Gasteiger partial charge in [-0.15, -0.1) is 0 Å². The van der Waals surface area contributed by atoms with Crippen molar-refractivity contribution in [1.29, 1.82) is 10.5 Å². The molecule has 0 unspecified atom stereocenters. The Morgan fingerprint density at radius 3 is 2.53 bits per heavy atom. The van der Waals surface area contributed by atoms with Crippen LogP contribution in [0.4, 0.5) is 0 Å². The van der Waals surface area contributed by atoms with Gasteiger partial charge in [0.1, 0.15) is 30.2 Å². The summed E-state index contributed by atoms with van der Waals surface area (Å²) >= 11 is 0. The monoisotopic (exact) mass is 261 g/mol. The summed E-state index contributed by atoms with van der Waals surface area (Å²) in [6, 6.07) is 3.78. The average Bonchev–Trinajstić information content (AvgIpc) is 2.36. The van der Waals surface area contributed by atoms with Crippen molar-refractivity contribution in [3.63, 3.8) is 0 Å². The molecule has 0 aromatic carbocycles. The molecule has 0 atom stereocenters. The van der Waals surface area contributed by atoms with Crippen LogP contribution < -0.4 is 10.6 Å². The van der Waals surface area contributed by atoms with Crippen LogP contribution in [-0.4, -0.2) is 30.5 Å². The van der Waals surface area contributed by atoms with Gasteiger partial charge in [0.05, 0.1) is 12.1 Å². The van der Waals surface area contributed by atoms with E-state index in [2.05, 4.69) is 15.6 Å². The minimum Gasteiger partial charge on any atom is -0.465 e. The highest BCUT2D eigenvalue weighted by molar-refractivity contribution is 5.95. The maximum atomic E-state index is 11.3. The first-order valence-corrected chi connectivity index (χ1v) is 5.74. The Kier molecular flexibility index (Phi) is 4.49. The lowest BCUT2D eigenvalue weighted by Gasteiger charge is -2.33. The number of nitrogens with one attached hydrogen (secondary N) is 2. The number of hydrogen-bond acceptors (Lipinski definition) is 6. The maximum absolute atomic E-state index is 11.3. The fraction of sp³-hybridized carbons (Fsp3) is 0.500. The Morgan fingerprint density at radius 2 is 2.00 bits per heavy atom. The summed E-state index contributed by atoms with van der Waals surface area (Å²) in [6.07, 6.45) is 0. The van der Waals surface area contributed by atoms with E-state index in [0.29, 0.717) is 12.4 Å². The number of amidine groups is 1. The standard InChI is InChI=1S/C12H15N5O2/c1-4-19-10(18)7-15-11-12(2,3)17-9(6-14)8(5-13)16-11/h17H,4,7H2,1-3H3,(H,15,16). The smallest absolute Gasteiger partial charge is 0.327 e. The zero-order chi connectivity index (χ0) is 14.5. The van der Waals surface area contributed by atoms with Crippen LogP contribution in [-0.2, 0) is 9.53 Å². The van der Waals surface area contributed by atoms with E-state index in [4.69, 9.17) is 15.3 Å². The van der Waals surface area contributed by atoms with Gasteiger partial charge in [0.15, 0.2) is 5.70 Å². The van der Waals surface area contributed by atoms with Gasteiger partial charge in [-0.3, -0.25) is 9.79 Å². The summed E-state index contributed by atoms with van der Waals surface area (Å²) < 4.78 is 4.77. The molecule has 7 heteroatoms. The quantitative estimate of drug-likeness (QED) is 0.701. The van der Waals surface area contributed by atoms with Gasteiger partial charge in [0.2, 0.25) is 0 Å². The number of rotatable bonds is 3. The topological polar surface area (TPSA) is 110 Å². The molecule has 0 aliphatic carbocycles. The number of esters is 1. The Hall–Kier alpha value is -2.54. The van der Waals surface area contributed by atoms with Crippen LogP contribution >= 0.6 is 0 Å². The van der Waals surface area contributed by atoms with Crippen LogP contribution in [0.25, 0.3) is 0 Å². The molecule has 0 saturated carbocycles. The van der Waals surface area contributed by atoms with Gasteiger partial charge in [-0.1, -0.05) is 0 Å². The van der Waals surface area contributed by atoms with Crippen molar-refractivity contribution in [2.75, 3.05) is 13.2 Å². The summed E-state index contributed by atoms with van der Waals surface area (Å²) in [5, 5.41) is 23.5. The molecule has 7 nitrogen and oxygen atoms in total. The highest BCUT2D eigenvalue weighted by Crippen LogP contribution is 2.15. The number of nitriles is 2. The molecule has 0 fully saturated rings. The number of carbonyl (C=O) groups excluding carboxylic acids is 1. The molecule has 0 spiro atoms. The van der Waals surface area contributed by atoms with Crippen molar-refractivity contribution in [2.24, 2.45) is 4.99 Å². The third-order valence-electron chi connectivity index (χ3n) is 2.42. The molecule has 100 valence electrons. The molecular weight excluding hydrogens is 246 g/mol. The Labute approximate surface area is 111 Å². The first-order chi connectivity index (χ1) is 8.94. The van der Waals surface area contributed by atoms with Crippen molar-refractivity contribution in [2.45, 2.75) is 26.3 Å². The molecule has 0 saturated heterocycles. The van der Waals surface area contributed by atoms with E-state index in [-0.39, 0.29) is 17.9 Å². The van der Waals surface area contributed by atoms with Gasteiger partial charge in [0.25, 0.3) is 0 Å². The highest BCUT2D eigenvalue weighted by Gasteiger charge is 2.32. The fourth-order valence-corrected chi connectivity index (χ4v) is 1.53. The molecule has 0 radical (unpaired) electrons. The van der Waals surface area contributed by atoms with Crippen molar-refractivity contribution < 1.29 is 9.53 Å². The van der Waals surface area contributed by atoms with Crippen LogP contribution in [0.15, 0.2) is 16.4 Å². The van der Waals surface area contributed by atoms with Gasteiger partial charge in [-0.05, 0) is 20.8 Å². The fourth-order valence-electron chi connectivity index (χ4n) is 1.53. The lowest BCUT2D eigenvalue weighted by atomic mass is 10.00. The Morgan fingerprint density at radius 1 is 1.37 bits per heavy atom. The van der Waals surface area contributed by atoms with E-state index < -0.39 is 11.5 Å². The van der Waals surface area contributed by atoms with E-state index in [9.17, 15) is 4.79 Å². The minimum atomic E-state index is -0.669. The van der Waals surface area contributed by atoms with Crippen LogP contribution in [0, 0.1) is 22.7 Å². The summed E-state index contributed by atoms with van der Waals surface area (Å²) in [6.45, 7) is 5.44. The number of ether oxygens (including phenoxy) is 1. The third kappa shape index (κ3) is 3.46. The van der Waals surface area contributed by atoms with Crippen LogP contribution in [0.2, 0.25) is 0 Å². The molecule has 2 N–H and O–H groups in total. The predicted molar refractivity (Wildman–Crippen MR) is 67.5 cm³/mol. The second-order valence-corrected chi connectivity index (χ2v) is 4.32. The third-order valence-corrected chi connectivity index (χ3v) is 2.42. The summed E-state index contributed by atoms with van der Waals surface area (Å²) in [7, 11) is 0. The molecule has 0 aromatic heterocycles. The van der Waals surface area contributed by atoms with E-state index in [0.717, 1.165) is 0 Å². The Bertz CT molecular complexity index is 519. The number of nitrogens with zero attached hydrogens (tertiary/aromatic N) is 3. The van der Waals surface area contributed by atoms with E-state index in [1.807, 2.05) is 12.1 Å². The summed E-state index contributed by atoms with van der Waals surface area (Å²) in [5.74, 6) is -0.0303. The number of carbonyl (C=O) groups is 1. The van der Waals surface area contributed by atoms with E-state index in [1.165, 1.54) is 0 Å². The van der Waals surface area contributed by atoms with Crippen molar-refractivity contribution in [1.82, 2.24) is 10.6 Å². The van der Waals surface area contributed by atoms with E-state index in [1.54, 1.807) is 20.8 Å². The van der Waals surface area contributed by atoms with Gasteiger partial charge < -0.3 is 15.4 Å². The van der Waals surface area contributed by atoms with Crippen molar-refractivity contribution in [3.8, 4) is 12.1 Å². The van der Waals surface area contributed by atoms with Crippen LogP contribution in [0.3, 0.4) is 0 Å². The van der Waals surface area contributed by atoms with Gasteiger partial charge in [-0.2, -0.15) is 10.5 Å². The lowest BCUT2D eigenvalue weighted by molar-refractivity contribution is -0.141. The number of hydrogen-bond donors (Lipinski definition) is 2. The molecule has 1 heterocycles. The second-order valence-electron chi connectivity index (χ2n) is 4.32. The molecule has 19 heavy (non-hydrogen) atoms. The molecule has 0 aromatic rings. The highest BCUT2D eigenvalue weighted by atomic mass is 16.5. The normalized spacial score (nSPS) is 18.9. The zero-order valence-electron chi connectivity index (χ0n) is 11.1. The number of aliphatic imine (C=N–C) groups is 1.